The molecule has 2 N–H and O–H groups in total. The van der Waals surface area contributed by atoms with Crippen LogP contribution in [0.25, 0.3) is 10.9 Å². The highest BCUT2D eigenvalue weighted by Crippen LogP contribution is 2.17. The van der Waals surface area contributed by atoms with Crippen LogP contribution in [-0.4, -0.2) is 23.3 Å². The van der Waals surface area contributed by atoms with Crippen molar-refractivity contribution in [2.75, 3.05) is 7.05 Å². The van der Waals surface area contributed by atoms with Gasteiger partial charge in [-0.2, -0.15) is 5.26 Å². The van der Waals surface area contributed by atoms with E-state index in [9.17, 15) is 9.59 Å². The summed E-state index contributed by atoms with van der Waals surface area (Å²) in [6.07, 6.45) is 3.76. The maximum absolute atomic E-state index is 12.1. The molecule has 1 amide bonds. The first kappa shape index (κ1) is 18.3. The predicted molar refractivity (Wildman–Crippen MR) is 97.7 cm³/mol. The summed E-state index contributed by atoms with van der Waals surface area (Å²) in [5.41, 5.74) is 2.08. The van der Waals surface area contributed by atoms with Gasteiger partial charge in [0, 0.05) is 40.8 Å². The number of benzene rings is 1. The molecule has 128 valence electrons. The third-order valence-corrected chi connectivity index (χ3v) is 3.82. The lowest BCUT2D eigenvalue weighted by molar-refractivity contribution is -0.115. The molecule has 25 heavy (non-hydrogen) atoms. The van der Waals surface area contributed by atoms with Gasteiger partial charge in [0.05, 0.1) is 0 Å². The second-order valence-corrected chi connectivity index (χ2v) is 5.87. The number of nitrogens with one attached hydrogen (secondary N) is 2. The first-order valence-corrected chi connectivity index (χ1v) is 7.84. The van der Waals surface area contributed by atoms with Crippen molar-refractivity contribution in [3.05, 3.63) is 68.8 Å². The van der Waals surface area contributed by atoms with Crippen LogP contribution in [0.2, 0.25) is 5.02 Å². The van der Waals surface area contributed by atoms with Crippen molar-refractivity contribution in [1.82, 2.24) is 15.2 Å². The Labute approximate surface area is 150 Å². The number of nitriles is 1. The van der Waals surface area contributed by atoms with Crippen LogP contribution in [0.15, 0.2) is 52.6 Å². The fraction of sp³-hybridized carbons (Fsp3) is 0.167. The van der Waals surface area contributed by atoms with E-state index in [0.29, 0.717) is 23.5 Å². The number of carbonyl (C=O) groups excluding carboxylic acids is 1. The fourth-order valence-electron chi connectivity index (χ4n) is 2.14. The van der Waals surface area contributed by atoms with E-state index in [1.165, 1.54) is 18.0 Å². The largest absolute Gasteiger partial charge is 0.384 e. The van der Waals surface area contributed by atoms with Crippen molar-refractivity contribution in [3.63, 3.8) is 0 Å². The molecule has 2 aromatic rings. The molecule has 0 aliphatic rings. The van der Waals surface area contributed by atoms with E-state index in [1.54, 1.807) is 37.3 Å². The lowest BCUT2D eigenvalue weighted by Crippen LogP contribution is -2.20. The summed E-state index contributed by atoms with van der Waals surface area (Å²) in [5, 5.41) is 13.5. The second-order valence-electron chi connectivity index (χ2n) is 5.44. The molecule has 0 radical (unpaired) electrons. The maximum atomic E-state index is 12.1. The fourth-order valence-corrected chi connectivity index (χ4v) is 2.32. The van der Waals surface area contributed by atoms with Gasteiger partial charge in [0.2, 0.25) is 6.41 Å². The lowest BCUT2D eigenvalue weighted by atomic mass is 10.1. The van der Waals surface area contributed by atoms with E-state index < -0.39 is 0 Å². The number of pyridine rings is 1. The van der Waals surface area contributed by atoms with Gasteiger partial charge >= 0.3 is 0 Å². The average Bonchev–Trinajstić information content (AvgIpc) is 2.60. The summed E-state index contributed by atoms with van der Waals surface area (Å²) in [7, 11) is 1.50. The molecule has 1 aromatic carbocycles. The van der Waals surface area contributed by atoms with Crippen LogP contribution in [0.5, 0.6) is 0 Å². The summed E-state index contributed by atoms with van der Waals surface area (Å²) in [6, 6.07) is 8.99. The van der Waals surface area contributed by atoms with Gasteiger partial charge < -0.3 is 15.2 Å². The minimum Gasteiger partial charge on any atom is -0.384 e. The zero-order valence-electron chi connectivity index (χ0n) is 13.8. The number of hydrogen-bond donors (Lipinski definition) is 2. The molecule has 0 aliphatic heterocycles. The Morgan fingerprint density at radius 1 is 1.40 bits per heavy atom. The monoisotopic (exact) mass is 356 g/mol. The molecule has 1 aromatic heterocycles. The van der Waals surface area contributed by atoms with Gasteiger partial charge in [-0.05, 0) is 43.3 Å². The minimum absolute atomic E-state index is 0.177. The molecule has 0 aliphatic carbocycles. The van der Waals surface area contributed by atoms with E-state index in [1.807, 2.05) is 6.07 Å². The standard InChI is InChI=1S/C18H17ClN4O2/c1-12(3-5-16(9-20)23(2)11-24)21-10-14-7-13-8-15(19)4-6-17(13)22-18(14)25/h3-8,11,21H,10H2,1-2H3,(H,22,25)/b12-3+,16-5-. The summed E-state index contributed by atoms with van der Waals surface area (Å²) < 4.78 is 0. The van der Waals surface area contributed by atoms with Crippen LogP contribution in [0, 0.1) is 11.3 Å². The SMILES string of the molecule is C/C(=C\C=C(\C#N)N(C)C=O)NCc1cc2cc(Cl)ccc2[nH]c1=O. The van der Waals surface area contributed by atoms with Crippen molar-refractivity contribution in [2.24, 2.45) is 0 Å². The summed E-state index contributed by atoms with van der Waals surface area (Å²) in [4.78, 5) is 26.8. The number of H-pyrrole nitrogens is 1. The van der Waals surface area contributed by atoms with E-state index in [2.05, 4.69) is 10.3 Å². The maximum Gasteiger partial charge on any atom is 0.253 e. The number of aromatic nitrogens is 1. The first-order valence-electron chi connectivity index (χ1n) is 7.46. The van der Waals surface area contributed by atoms with Crippen LogP contribution in [0.3, 0.4) is 0 Å². The van der Waals surface area contributed by atoms with Gasteiger partial charge in [-0.1, -0.05) is 11.6 Å². The Bertz CT molecular complexity index is 954. The van der Waals surface area contributed by atoms with Crippen LogP contribution >= 0.6 is 11.6 Å². The molecule has 0 spiro atoms. The normalized spacial score (nSPS) is 11.9. The number of fused-ring (bicyclic) bond motifs is 1. The van der Waals surface area contributed by atoms with Gasteiger partial charge in [-0.25, -0.2) is 0 Å². The third-order valence-electron chi connectivity index (χ3n) is 3.58. The van der Waals surface area contributed by atoms with E-state index in [-0.39, 0.29) is 11.3 Å². The number of nitrogens with zero attached hydrogens (tertiary/aromatic N) is 2. The highest BCUT2D eigenvalue weighted by molar-refractivity contribution is 6.31. The van der Waals surface area contributed by atoms with E-state index in [4.69, 9.17) is 16.9 Å². The molecule has 0 saturated heterocycles. The van der Waals surface area contributed by atoms with E-state index >= 15 is 0 Å². The van der Waals surface area contributed by atoms with Gasteiger partial charge in [0.15, 0.2) is 0 Å². The minimum atomic E-state index is -0.177. The summed E-state index contributed by atoms with van der Waals surface area (Å²) >= 11 is 5.98. The molecule has 2 rings (SSSR count). The van der Waals surface area contributed by atoms with Crippen LogP contribution in [0.4, 0.5) is 0 Å². The molecule has 0 atom stereocenters. The number of aromatic amines is 1. The second kappa shape index (κ2) is 8.18. The Hall–Kier alpha value is -3.04. The van der Waals surface area contributed by atoms with Crippen molar-refractivity contribution in [2.45, 2.75) is 13.5 Å². The van der Waals surface area contributed by atoms with Gasteiger partial charge in [-0.3, -0.25) is 9.59 Å². The molecule has 7 heteroatoms. The first-order chi connectivity index (χ1) is 11.9. The molecular weight excluding hydrogens is 340 g/mol. The van der Waals surface area contributed by atoms with Crippen molar-refractivity contribution < 1.29 is 4.79 Å². The highest BCUT2D eigenvalue weighted by atomic mass is 35.5. The number of allylic oxidation sites excluding steroid dienone is 4. The molecule has 1 heterocycles. The molecular formula is C18H17ClN4O2. The lowest BCUT2D eigenvalue weighted by Gasteiger charge is -2.09. The summed E-state index contributed by atoms with van der Waals surface area (Å²) in [6.45, 7) is 2.12. The topological polar surface area (TPSA) is 89.0 Å². The molecule has 0 bridgehead atoms. The van der Waals surface area contributed by atoms with Gasteiger partial charge in [0.25, 0.3) is 5.56 Å². The molecule has 0 saturated carbocycles. The zero-order valence-corrected chi connectivity index (χ0v) is 14.6. The van der Waals surface area contributed by atoms with Crippen LogP contribution in [0.1, 0.15) is 12.5 Å². The number of rotatable bonds is 6. The van der Waals surface area contributed by atoms with Crippen molar-refractivity contribution in [1.29, 1.82) is 5.26 Å². The number of amides is 1. The molecule has 0 fully saturated rings. The highest BCUT2D eigenvalue weighted by Gasteiger charge is 2.04. The van der Waals surface area contributed by atoms with Gasteiger partial charge in [-0.15, -0.1) is 0 Å². The molecule has 0 unspecified atom stereocenters. The van der Waals surface area contributed by atoms with Crippen LogP contribution in [-0.2, 0) is 11.3 Å². The quantitative estimate of drug-likeness (QED) is 0.473. The Balaban J connectivity index is 2.16. The average molecular weight is 357 g/mol. The third kappa shape index (κ3) is 4.72. The van der Waals surface area contributed by atoms with Crippen molar-refractivity contribution in [3.8, 4) is 6.07 Å². The number of halogens is 1. The summed E-state index contributed by atoms with van der Waals surface area (Å²) in [5.74, 6) is 0. The van der Waals surface area contributed by atoms with Crippen molar-refractivity contribution >= 4 is 28.9 Å². The predicted octanol–water partition coefficient (Wildman–Crippen LogP) is 2.67. The van der Waals surface area contributed by atoms with Crippen LogP contribution < -0.4 is 10.9 Å². The Kier molecular flexibility index (Phi) is 5.98. The Morgan fingerprint density at radius 2 is 2.16 bits per heavy atom. The Morgan fingerprint density at radius 3 is 2.84 bits per heavy atom. The number of carbonyl (C=O) groups is 1. The molecule has 6 nitrogen and oxygen atoms in total. The zero-order chi connectivity index (χ0) is 18.4. The smallest absolute Gasteiger partial charge is 0.253 e. The van der Waals surface area contributed by atoms with E-state index in [0.717, 1.165) is 16.6 Å². The van der Waals surface area contributed by atoms with Gasteiger partial charge in [0.1, 0.15) is 11.8 Å². The number of hydrogen-bond acceptors (Lipinski definition) is 4.